The molecular formula is C27H33N3O3S. The smallest absolute Gasteiger partial charge is 0.264 e. The number of imide groups is 1. The summed E-state index contributed by atoms with van der Waals surface area (Å²) in [6.45, 7) is 5.14. The van der Waals surface area contributed by atoms with Crippen LogP contribution in [0.25, 0.3) is 0 Å². The van der Waals surface area contributed by atoms with Crippen LogP contribution in [0.2, 0.25) is 0 Å². The van der Waals surface area contributed by atoms with Gasteiger partial charge in [0.25, 0.3) is 11.8 Å². The Morgan fingerprint density at radius 1 is 0.912 bits per heavy atom. The van der Waals surface area contributed by atoms with Crippen molar-refractivity contribution in [3.05, 3.63) is 51.7 Å². The average Bonchev–Trinajstić information content (AvgIpc) is 3.46. The molecule has 5 rings (SSSR count). The Morgan fingerprint density at radius 2 is 1.62 bits per heavy atom. The van der Waals surface area contributed by atoms with Gasteiger partial charge in [0.1, 0.15) is 0 Å². The van der Waals surface area contributed by atoms with E-state index < -0.39 is 0 Å². The van der Waals surface area contributed by atoms with Crippen molar-refractivity contribution in [3.63, 3.8) is 0 Å². The molecule has 1 atom stereocenters. The lowest BCUT2D eigenvalue weighted by atomic mass is 9.93. The SMILES string of the molecule is CC(c1cccs1)N1C(=O)c2cccc(N3CCC(C(=O)N4CCCCCCC4)CC3)c2C1=O. The monoisotopic (exact) mass is 479 g/mol. The molecule has 2 saturated heterocycles. The quantitative estimate of drug-likeness (QED) is 0.572. The highest BCUT2D eigenvalue weighted by Crippen LogP contribution is 2.38. The van der Waals surface area contributed by atoms with Crippen LogP contribution in [-0.4, -0.2) is 53.7 Å². The minimum Gasteiger partial charge on any atom is -0.371 e. The van der Waals surface area contributed by atoms with E-state index >= 15 is 0 Å². The number of hydrogen-bond acceptors (Lipinski definition) is 5. The van der Waals surface area contributed by atoms with Gasteiger partial charge < -0.3 is 9.80 Å². The summed E-state index contributed by atoms with van der Waals surface area (Å²) in [5, 5.41) is 1.97. The highest BCUT2D eigenvalue weighted by molar-refractivity contribution is 7.10. The lowest BCUT2D eigenvalue weighted by Crippen LogP contribution is -2.44. The van der Waals surface area contributed by atoms with Gasteiger partial charge in [-0.25, -0.2) is 0 Å². The van der Waals surface area contributed by atoms with Crippen LogP contribution in [-0.2, 0) is 4.79 Å². The van der Waals surface area contributed by atoms with Gasteiger partial charge in [-0.05, 0) is 56.2 Å². The van der Waals surface area contributed by atoms with E-state index in [0.717, 1.165) is 62.4 Å². The van der Waals surface area contributed by atoms with Gasteiger partial charge in [-0.1, -0.05) is 31.4 Å². The summed E-state index contributed by atoms with van der Waals surface area (Å²) >= 11 is 1.56. The summed E-state index contributed by atoms with van der Waals surface area (Å²) < 4.78 is 0. The van der Waals surface area contributed by atoms with Gasteiger partial charge in [-0.2, -0.15) is 0 Å². The number of piperidine rings is 1. The summed E-state index contributed by atoms with van der Waals surface area (Å²) in [5.41, 5.74) is 1.84. The molecule has 7 heteroatoms. The molecule has 4 heterocycles. The molecule has 0 radical (unpaired) electrons. The van der Waals surface area contributed by atoms with Crippen LogP contribution in [0, 0.1) is 5.92 Å². The average molecular weight is 480 g/mol. The number of benzene rings is 1. The predicted molar refractivity (Wildman–Crippen MR) is 134 cm³/mol. The Kier molecular flexibility index (Phi) is 6.73. The van der Waals surface area contributed by atoms with Gasteiger partial charge in [0.05, 0.1) is 22.9 Å². The van der Waals surface area contributed by atoms with E-state index in [-0.39, 0.29) is 23.8 Å². The van der Waals surface area contributed by atoms with Crippen LogP contribution in [0.1, 0.15) is 83.5 Å². The second kappa shape index (κ2) is 9.90. The molecular weight excluding hydrogens is 446 g/mol. The number of amides is 3. The molecule has 2 aromatic rings. The minimum absolute atomic E-state index is 0.0557. The summed E-state index contributed by atoms with van der Waals surface area (Å²) in [7, 11) is 0. The minimum atomic E-state index is -0.290. The fourth-order valence-electron chi connectivity index (χ4n) is 5.65. The molecule has 6 nitrogen and oxygen atoms in total. The van der Waals surface area contributed by atoms with Gasteiger partial charge in [0.2, 0.25) is 5.91 Å². The number of rotatable bonds is 4. The maximum absolute atomic E-state index is 13.5. The maximum Gasteiger partial charge on any atom is 0.264 e. The van der Waals surface area contributed by atoms with Crippen molar-refractivity contribution in [1.82, 2.24) is 9.80 Å². The van der Waals surface area contributed by atoms with Crippen molar-refractivity contribution in [2.75, 3.05) is 31.1 Å². The number of hydrogen-bond donors (Lipinski definition) is 0. The van der Waals surface area contributed by atoms with E-state index in [2.05, 4.69) is 9.80 Å². The lowest BCUT2D eigenvalue weighted by Gasteiger charge is -2.36. The van der Waals surface area contributed by atoms with E-state index in [4.69, 9.17) is 0 Å². The summed E-state index contributed by atoms with van der Waals surface area (Å²) in [5.74, 6) is -0.0672. The third-order valence-electron chi connectivity index (χ3n) is 7.62. The fraction of sp³-hybridized carbons (Fsp3) is 0.519. The van der Waals surface area contributed by atoms with E-state index in [0.29, 0.717) is 17.0 Å². The number of carbonyl (C=O) groups is 3. The molecule has 0 bridgehead atoms. The number of likely N-dealkylation sites (tertiary alicyclic amines) is 1. The molecule has 0 N–H and O–H groups in total. The van der Waals surface area contributed by atoms with Crippen molar-refractivity contribution in [1.29, 1.82) is 0 Å². The highest BCUT2D eigenvalue weighted by Gasteiger charge is 2.42. The summed E-state index contributed by atoms with van der Waals surface area (Å²) in [6.07, 6.45) is 7.51. The van der Waals surface area contributed by atoms with Crippen LogP contribution in [0.3, 0.4) is 0 Å². The normalized spacial score (nSPS) is 20.8. The summed E-state index contributed by atoms with van der Waals surface area (Å²) in [6, 6.07) is 9.20. The zero-order chi connectivity index (χ0) is 23.7. The summed E-state index contributed by atoms with van der Waals surface area (Å²) in [4.78, 5) is 46.5. The zero-order valence-corrected chi connectivity index (χ0v) is 20.7. The topological polar surface area (TPSA) is 60.9 Å². The maximum atomic E-state index is 13.5. The van der Waals surface area contributed by atoms with Gasteiger partial charge in [0, 0.05) is 37.0 Å². The Labute approximate surface area is 205 Å². The lowest BCUT2D eigenvalue weighted by molar-refractivity contribution is -0.136. The first kappa shape index (κ1) is 23.1. The Balaban J connectivity index is 1.29. The molecule has 0 saturated carbocycles. The van der Waals surface area contributed by atoms with Gasteiger partial charge in [-0.15, -0.1) is 11.3 Å². The van der Waals surface area contributed by atoms with Crippen molar-refractivity contribution >= 4 is 34.7 Å². The number of carbonyl (C=O) groups excluding carboxylic acids is 3. The Hall–Kier alpha value is -2.67. The van der Waals surface area contributed by atoms with Crippen molar-refractivity contribution in [2.45, 2.75) is 57.9 Å². The van der Waals surface area contributed by atoms with Crippen LogP contribution in [0.5, 0.6) is 0 Å². The van der Waals surface area contributed by atoms with Crippen molar-refractivity contribution in [2.24, 2.45) is 5.92 Å². The molecule has 0 spiro atoms. The highest BCUT2D eigenvalue weighted by atomic mass is 32.1. The molecule has 1 aromatic heterocycles. The second-order valence-corrected chi connectivity index (χ2v) is 10.7. The first-order valence-corrected chi connectivity index (χ1v) is 13.5. The van der Waals surface area contributed by atoms with E-state index in [9.17, 15) is 14.4 Å². The van der Waals surface area contributed by atoms with Crippen molar-refractivity contribution in [3.8, 4) is 0 Å². The fourth-order valence-corrected chi connectivity index (χ4v) is 6.42. The number of anilines is 1. The van der Waals surface area contributed by atoms with Gasteiger partial charge in [0.15, 0.2) is 0 Å². The molecule has 3 aliphatic rings. The molecule has 3 aliphatic heterocycles. The van der Waals surface area contributed by atoms with Crippen LogP contribution >= 0.6 is 11.3 Å². The Bertz CT molecular complexity index is 1050. The molecule has 180 valence electrons. The van der Waals surface area contributed by atoms with Crippen LogP contribution < -0.4 is 4.90 Å². The molecule has 2 fully saturated rings. The first-order valence-electron chi connectivity index (χ1n) is 12.6. The van der Waals surface area contributed by atoms with Crippen molar-refractivity contribution < 1.29 is 14.4 Å². The third-order valence-corrected chi connectivity index (χ3v) is 8.66. The molecule has 1 aromatic carbocycles. The standard InChI is InChI=1S/C27H33N3O3S/c1-19(23-11-8-18-34-23)30-26(32)21-9-7-10-22(24(21)27(30)33)28-16-12-20(13-17-28)25(31)29-14-5-3-2-4-6-15-29/h7-11,18-20H,2-6,12-17H2,1H3. The van der Waals surface area contributed by atoms with Gasteiger partial charge >= 0.3 is 0 Å². The number of thiophene rings is 1. The van der Waals surface area contributed by atoms with E-state index in [1.807, 2.05) is 36.6 Å². The molecule has 0 aliphatic carbocycles. The number of nitrogens with zero attached hydrogens (tertiary/aromatic N) is 3. The number of fused-ring (bicyclic) bond motifs is 1. The Morgan fingerprint density at radius 3 is 2.29 bits per heavy atom. The third kappa shape index (κ3) is 4.26. The molecule has 1 unspecified atom stereocenters. The van der Waals surface area contributed by atoms with Crippen LogP contribution in [0.4, 0.5) is 5.69 Å². The molecule has 34 heavy (non-hydrogen) atoms. The molecule has 3 amide bonds. The van der Waals surface area contributed by atoms with E-state index in [1.165, 1.54) is 24.2 Å². The largest absolute Gasteiger partial charge is 0.371 e. The first-order chi connectivity index (χ1) is 16.6. The zero-order valence-electron chi connectivity index (χ0n) is 19.9. The predicted octanol–water partition coefficient (Wildman–Crippen LogP) is 5.11. The van der Waals surface area contributed by atoms with Crippen LogP contribution in [0.15, 0.2) is 35.7 Å². The van der Waals surface area contributed by atoms with Gasteiger partial charge in [-0.3, -0.25) is 19.3 Å². The second-order valence-electron chi connectivity index (χ2n) is 9.73. The van der Waals surface area contributed by atoms with E-state index in [1.54, 1.807) is 17.4 Å².